The van der Waals surface area contributed by atoms with Crippen molar-refractivity contribution < 1.29 is 5.11 Å². The van der Waals surface area contributed by atoms with E-state index in [9.17, 15) is 5.11 Å². The van der Waals surface area contributed by atoms with Crippen LogP contribution in [-0.2, 0) is 0 Å². The third kappa shape index (κ3) is 2.71. The van der Waals surface area contributed by atoms with E-state index < -0.39 is 0 Å². The molecule has 0 saturated heterocycles. The van der Waals surface area contributed by atoms with Gasteiger partial charge in [0.2, 0.25) is 0 Å². The molecule has 1 aromatic heterocycles. The normalized spacial score (nSPS) is 11.7. The molecule has 0 unspecified atom stereocenters. The average molecular weight is 245 g/mol. The van der Waals surface area contributed by atoms with Crippen LogP contribution in [0.25, 0.3) is 10.8 Å². The van der Waals surface area contributed by atoms with Crippen molar-refractivity contribution in [2.75, 3.05) is 18.4 Å². The number of rotatable bonds is 4. The van der Waals surface area contributed by atoms with Crippen LogP contribution in [0.1, 0.15) is 13.8 Å². The lowest BCUT2D eigenvalue weighted by molar-refractivity contribution is 0.405. The first-order valence-corrected chi connectivity index (χ1v) is 6.03. The van der Waals surface area contributed by atoms with Gasteiger partial charge in [0.15, 0.2) is 0 Å². The smallest absolute Gasteiger partial charge is 0.133 e. The van der Waals surface area contributed by atoms with Gasteiger partial charge >= 0.3 is 0 Å². The number of pyridine rings is 1. The number of phenols is 1. The summed E-state index contributed by atoms with van der Waals surface area (Å²) >= 11 is 0. The van der Waals surface area contributed by atoms with E-state index in [0.717, 1.165) is 23.1 Å². The predicted molar refractivity (Wildman–Crippen MR) is 74.7 cm³/mol. The molecule has 0 fully saturated rings. The van der Waals surface area contributed by atoms with Gasteiger partial charge in [0.25, 0.3) is 0 Å². The zero-order valence-corrected chi connectivity index (χ0v) is 10.8. The minimum Gasteiger partial charge on any atom is -0.508 e. The van der Waals surface area contributed by atoms with E-state index in [1.165, 1.54) is 0 Å². The molecule has 2 aromatic rings. The van der Waals surface area contributed by atoms with E-state index in [1.807, 2.05) is 12.1 Å². The molecule has 0 atom stereocenters. The minimum absolute atomic E-state index is 0.0146. The summed E-state index contributed by atoms with van der Waals surface area (Å²) in [6.45, 7) is 5.55. The second-order valence-corrected chi connectivity index (χ2v) is 5.29. The monoisotopic (exact) mass is 245 g/mol. The van der Waals surface area contributed by atoms with Crippen molar-refractivity contribution in [2.45, 2.75) is 13.8 Å². The molecule has 96 valence electrons. The van der Waals surface area contributed by atoms with Gasteiger partial charge < -0.3 is 16.2 Å². The van der Waals surface area contributed by atoms with Crippen molar-refractivity contribution >= 4 is 16.6 Å². The number of hydrogen-bond acceptors (Lipinski definition) is 4. The van der Waals surface area contributed by atoms with Crippen LogP contribution < -0.4 is 11.1 Å². The molecule has 4 N–H and O–H groups in total. The summed E-state index contributed by atoms with van der Waals surface area (Å²) in [6.07, 6.45) is 1.76. The third-order valence-electron chi connectivity index (χ3n) is 3.04. The van der Waals surface area contributed by atoms with Gasteiger partial charge in [0, 0.05) is 18.1 Å². The molecule has 0 radical (unpaired) electrons. The molecule has 1 heterocycles. The molecule has 0 amide bonds. The lowest BCUT2D eigenvalue weighted by Crippen LogP contribution is -2.31. The quantitative estimate of drug-likeness (QED) is 0.773. The van der Waals surface area contributed by atoms with Gasteiger partial charge in [-0.25, -0.2) is 4.98 Å². The van der Waals surface area contributed by atoms with Crippen molar-refractivity contribution in [1.82, 2.24) is 4.98 Å². The lowest BCUT2D eigenvalue weighted by Gasteiger charge is -2.23. The summed E-state index contributed by atoms with van der Waals surface area (Å²) in [4.78, 5) is 4.32. The van der Waals surface area contributed by atoms with E-state index in [0.29, 0.717) is 6.54 Å². The minimum atomic E-state index is 0.0146. The number of aromatic hydroxyl groups is 1. The predicted octanol–water partition coefficient (Wildman–Crippen LogP) is 2.34. The standard InChI is InChI=1S/C14H19N3O/c1-14(2,8-15)9-17-13-12-7-11(18)4-3-10(12)5-6-16-13/h3-7,18H,8-9,15H2,1-2H3,(H,16,17). The van der Waals surface area contributed by atoms with E-state index in [-0.39, 0.29) is 11.2 Å². The molecule has 0 aliphatic heterocycles. The Morgan fingerprint density at radius 2 is 2.11 bits per heavy atom. The second-order valence-electron chi connectivity index (χ2n) is 5.29. The summed E-state index contributed by atoms with van der Waals surface area (Å²) in [5.74, 6) is 1.03. The van der Waals surface area contributed by atoms with Crippen LogP contribution in [0.2, 0.25) is 0 Å². The van der Waals surface area contributed by atoms with E-state index in [1.54, 1.807) is 18.3 Å². The van der Waals surface area contributed by atoms with Gasteiger partial charge in [0.05, 0.1) is 0 Å². The Kier molecular flexibility index (Phi) is 3.39. The first kappa shape index (κ1) is 12.6. The Hall–Kier alpha value is -1.81. The maximum absolute atomic E-state index is 9.55. The Balaban J connectivity index is 2.30. The molecule has 0 saturated carbocycles. The summed E-state index contributed by atoms with van der Waals surface area (Å²) < 4.78 is 0. The van der Waals surface area contributed by atoms with Crippen molar-refractivity contribution in [2.24, 2.45) is 11.1 Å². The Labute approximate surface area is 107 Å². The van der Waals surface area contributed by atoms with E-state index in [2.05, 4.69) is 24.1 Å². The SMILES string of the molecule is CC(C)(CN)CNc1nccc2ccc(O)cc12. The van der Waals surface area contributed by atoms with Crippen molar-refractivity contribution in [1.29, 1.82) is 0 Å². The number of fused-ring (bicyclic) bond motifs is 1. The fourth-order valence-corrected chi connectivity index (χ4v) is 1.69. The summed E-state index contributed by atoms with van der Waals surface area (Å²) in [5.41, 5.74) is 5.72. The number of nitrogens with zero attached hydrogens (tertiary/aromatic N) is 1. The first-order valence-electron chi connectivity index (χ1n) is 6.03. The molecule has 1 aromatic carbocycles. The Bertz CT molecular complexity index is 552. The van der Waals surface area contributed by atoms with Crippen LogP contribution in [0.5, 0.6) is 5.75 Å². The Morgan fingerprint density at radius 3 is 2.83 bits per heavy atom. The summed E-state index contributed by atoms with van der Waals surface area (Å²) in [5, 5.41) is 14.8. The number of phenolic OH excluding ortho intramolecular Hbond substituents is 1. The molecule has 0 bridgehead atoms. The van der Waals surface area contributed by atoms with Crippen LogP contribution in [0, 0.1) is 5.41 Å². The zero-order chi connectivity index (χ0) is 13.2. The molecule has 4 nitrogen and oxygen atoms in total. The number of benzene rings is 1. The zero-order valence-electron chi connectivity index (χ0n) is 10.8. The Morgan fingerprint density at radius 1 is 1.33 bits per heavy atom. The molecular weight excluding hydrogens is 226 g/mol. The van der Waals surface area contributed by atoms with Gasteiger partial charge in [-0.05, 0) is 35.5 Å². The molecule has 4 heteroatoms. The fraction of sp³-hybridized carbons (Fsp3) is 0.357. The van der Waals surface area contributed by atoms with Gasteiger partial charge in [-0.1, -0.05) is 19.9 Å². The summed E-state index contributed by atoms with van der Waals surface area (Å²) in [7, 11) is 0. The molecule has 0 aliphatic rings. The van der Waals surface area contributed by atoms with Crippen LogP contribution in [0.3, 0.4) is 0 Å². The topological polar surface area (TPSA) is 71.2 Å². The highest BCUT2D eigenvalue weighted by atomic mass is 16.3. The number of hydrogen-bond donors (Lipinski definition) is 3. The van der Waals surface area contributed by atoms with Gasteiger partial charge in [-0.15, -0.1) is 0 Å². The molecule has 0 aliphatic carbocycles. The first-order chi connectivity index (χ1) is 8.52. The molecule has 2 rings (SSSR count). The van der Waals surface area contributed by atoms with Crippen molar-refractivity contribution in [3.63, 3.8) is 0 Å². The van der Waals surface area contributed by atoms with Gasteiger partial charge in [0.1, 0.15) is 11.6 Å². The maximum atomic E-state index is 9.55. The van der Waals surface area contributed by atoms with Crippen LogP contribution in [0.4, 0.5) is 5.82 Å². The van der Waals surface area contributed by atoms with Gasteiger partial charge in [-0.3, -0.25) is 0 Å². The maximum Gasteiger partial charge on any atom is 0.133 e. The largest absolute Gasteiger partial charge is 0.508 e. The van der Waals surface area contributed by atoms with Gasteiger partial charge in [-0.2, -0.15) is 0 Å². The number of anilines is 1. The number of nitrogens with two attached hydrogens (primary N) is 1. The van der Waals surface area contributed by atoms with Crippen molar-refractivity contribution in [3.8, 4) is 5.75 Å². The molecular formula is C14H19N3O. The van der Waals surface area contributed by atoms with E-state index >= 15 is 0 Å². The average Bonchev–Trinajstić information content (AvgIpc) is 2.36. The van der Waals surface area contributed by atoms with Crippen LogP contribution in [0.15, 0.2) is 30.5 Å². The molecule has 0 spiro atoms. The van der Waals surface area contributed by atoms with Crippen LogP contribution >= 0.6 is 0 Å². The highest BCUT2D eigenvalue weighted by Crippen LogP contribution is 2.26. The highest BCUT2D eigenvalue weighted by molar-refractivity contribution is 5.92. The second kappa shape index (κ2) is 4.82. The fourth-order valence-electron chi connectivity index (χ4n) is 1.69. The number of nitrogens with one attached hydrogen (secondary N) is 1. The van der Waals surface area contributed by atoms with Crippen LogP contribution in [-0.4, -0.2) is 23.2 Å². The molecule has 18 heavy (non-hydrogen) atoms. The van der Waals surface area contributed by atoms with E-state index in [4.69, 9.17) is 5.73 Å². The lowest BCUT2D eigenvalue weighted by atomic mass is 9.94. The van der Waals surface area contributed by atoms with Crippen molar-refractivity contribution in [3.05, 3.63) is 30.5 Å². The summed E-state index contributed by atoms with van der Waals surface area (Å²) in [6, 6.07) is 7.20. The third-order valence-corrected chi connectivity index (χ3v) is 3.04. The highest BCUT2D eigenvalue weighted by Gasteiger charge is 2.15. The number of aromatic nitrogens is 1.